The molecule has 3 amide bonds. The predicted octanol–water partition coefficient (Wildman–Crippen LogP) is 1.02. The van der Waals surface area contributed by atoms with Gasteiger partial charge in [-0.15, -0.1) is 11.3 Å². The van der Waals surface area contributed by atoms with Crippen molar-refractivity contribution in [2.24, 2.45) is 0 Å². The van der Waals surface area contributed by atoms with Crippen molar-refractivity contribution in [2.45, 2.75) is 0 Å². The lowest BCUT2D eigenvalue weighted by Gasteiger charge is -2.07. The summed E-state index contributed by atoms with van der Waals surface area (Å²) >= 11 is 1.36. The van der Waals surface area contributed by atoms with Crippen LogP contribution in [0.3, 0.4) is 0 Å². The van der Waals surface area contributed by atoms with E-state index in [9.17, 15) is 14.4 Å². The van der Waals surface area contributed by atoms with Gasteiger partial charge in [-0.3, -0.25) is 14.4 Å². The highest BCUT2D eigenvalue weighted by molar-refractivity contribution is 7.12. The fraction of sp³-hybridized carbons (Fsp3) is 0.188. The van der Waals surface area contributed by atoms with Crippen molar-refractivity contribution in [3.8, 4) is 0 Å². The average Bonchev–Trinajstić information content (AvgIpc) is 3.12. The highest BCUT2D eigenvalue weighted by Gasteiger charge is 2.08. The summed E-state index contributed by atoms with van der Waals surface area (Å²) in [5.74, 6) is -0.766. The fourth-order valence-electron chi connectivity index (χ4n) is 1.79. The zero-order valence-electron chi connectivity index (χ0n) is 12.4. The first-order valence-electron chi connectivity index (χ1n) is 7.08. The summed E-state index contributed by atoms with van der Waals surface area (Å²) in [6.45, 7) is 0.527. The Morgan fingerprint density at radius 1 is 0.826 bits per heavy atom. The fourth-order valence-corrected chi connectivity index (χ4v) is 2.43. The van der Waals surface area contributed by atoms with Gasteiger partial charge in [-0.2, -0.15) is 0 Å². The second kappa shape index (κ2) is 8.70. The molecular formula is C16H17N3O3S. The van der Waals surface area contributed by atoms with Gasteiger partial charge in [0.1, 0.15) is 0 Å². The molecule has 0 aliphatic heterocycles. The molecule has 120 valence electrons. The molecule has 0 atom stereocenters. The van der Waals surface area contributed by atoms with Crippen LogP contribution in [0.2, 0.25) is 0 Å². The molecule has 0 saturated carbocycles. The summed E-state index contributed by atoms with van der Waals surface area (Å²) in [5.41, 5.74) is 0.503. The molecule has 6 nitrogen and oxygen atoms in total. The van der Waals surface area contributed by atoms with E-state index >= 15 is 0 Å². The lowest BCUT2D eigenvalue weighted by molar-refractivity contribution is -0.120. The minimum absolute atomic E-state index is 0.105. The van der Waals surface area contributed by atoms with Gasteiger partial charge in [-0.1, -0.05) is 24.3 Å². The second-order valence-electron chi connectivity index (χ2n) is 4.63. The van der Waals surface area contributed by atoms with Crippen molar-refractivity contribution in [2.75, 3.05) is 19.6 Å². The van der Waals surface area contributed by atoms with Gasteiger partial charge in [0.2, 0.25) is 5.91 Å². The van der Waals surface area contributed by atoms with Gasteiger partial charge >= 0.3 is 0 Å². The molecule has 7 heteroatoms. The van der Waals surface area contributed by atoms with Crippen LogP contribution in [0, 0.1) is 0 Å². The molecule has 1 aromatic carbocycles. The summed E-state index contributed by atoms with van der Waals surface area (Å²) < 4.78 is 0. The van der Waals surface area contributed by atoms with Gasteiger partial charge in [0.25, 0.3) is 11.8 Å². The summed E-state index contributed by atoms with van der Waals surface area (Å²) in [7, 11) is 0. The Morgan fingerprint density at radius 2 is 1.57 bits per heavy atom. The lowest BCUT2D eigenvalue weighted by atomic mass is 10.2. The van der Waals surface area contributed by atoms with Crippen molar-refractivity contribution in [1.82, 2.24) is 16.0 Å². The molecule has 23 heavy (non-hydrogen) atoms. The van der Waals surface area contributed by atoms with Gasteiger partial charge in [0.15, 0.2) is 0 Å². The van der Waals surface area contributed by atoms with Crippen LogP contribution in [0.25, 0.3) is 0 Å². The molecule has 0 spiro atoms. The number of rotatable bonds is 7. The number of hydrogen-bond donors (Lipinski definition) is 3. The molecule has 1 aromatic heterocycles. The van der Waals surface area contributed by atoms with E-state index in [2.05, 4.69) is 16.0 Å². The first kappa shape index (κ1) is 16.7. The number of carbonyl (C=O) groups excluding carboxylic acids is 3. The molecule has 0 aliphatic rings. The first-order valence-corrected chi connectivity index (χ1v) is 7.96. The van der Waals surface area contributed by atoms with Crippen molar-refractivity contribution in [3.05, 3.63) is 58.3 Å². The lowest BCUT2D eigenvalue weighted by Crippen LogP contribution is -2.40. The number of hydrogen-bond acceptors (Lipinski definition) is 4. The topological polar surface area (TPSA) is 87.3 Å². The van der Waals surface area contributed by atoms with Crippen LogP contribution < -0.4 is 16.0 Å². The molecule has 0 bridgehead atoms. The number of amides is 3. The van der Waals surface area contributed by atoms with Gasteiger partial charge in [-0.25, -0.2) is 0 Å². The number of nitrogens with one attached hydrogen (secondary N) is 3. The molecule has 1 heterocycles. The molecule has 0 fully saturated rings. The predicted molar refractivity (Wildman–Crippen MR) is 88.4 cm³/mol. The Labute approximate surface area is 137 Å². The second-order valence-corrected chi connectivity index (χ2v) is 5.58. The maximum atomic E-state index is 11.8. The minimum atomic E-state index is -0.306. The first-order chi connectivity index (χ1) is 11.2. The summed E-state index contributed by atoms with van der Waals surface area (Å²) in [6.07, 6.45) is 0. The molecule has 0 unspecified atom stereocenters. The van der Waals surface area contributed by atoms with Crippen LogP contribution in [0.1, 0.15) is 20.0 Å². The quantitative estimate of drug-likeness (QED) is 0.662. The normalized spacial score (nSPS) is 9.91. The summed E-state index contributed by atoms with van der Waals surface area (Å²) in [5, 5.41) is 9.69. The number of benzene rings is 1. The number of carbonyl (C=O) groups is 3. The van der Waals surface area contributed by atoms with Gasteiger partial charge < -0.3 is 16.0 Å². The van der Waals surface area contributed by atoms with Gasteiger partial charge in [0, 0.05) is 18.7 Å². The molecule has 0 aliphatic carbocycles. The number of thiophene rings is 1. The SMILES string of the molecule is O=C(CNC(=O)c1ccccc1)NCCNC(=O)c1cccs1. The monoisotopic (exact) mass is 331 g/mol. The van der Waals surface area contributed by atoms with Crippen LogP contribution >= 0.6 is 11.3 Å². The Kier molecular flexibility index (Phi) is 6.31. The van der Waals surface area contributed by atoms with Crippen molar-refractivity contribution < 1.29 is 14.4 Å². The van der Waals surface area contributed by atoms with E-state index in [1.165, 1.54) is 11.3 Å². The zero-order valence-corrected chi connectivity index (χ0v) is 13.2. The van der Waals surface area contributed by atoms with Crippen LogP contribution in [-0.2, 0) is 4.79 Å². The third kappa shape index (κ3) is 5.55. The molecule has 0 radical (unpaired) electrons. The van der Waals surface area contributed by atoms with Crippen LogP contribution in [0.4, 0.5) is 0 Å². The standard InChI is InChI=1S/C16H17N3O3S/c20-14(11-19-15(21)12-5-2-1-3-6-12)17-8-9-18-16(22)13-7-4-10-23-13/h1-7,10H,8-9,11H2,(H,17,20)(H,18,22)(H,19,21). The smallest absolute Gasteiger partial charge is 0.261 e. The third-order valence-electron chi connectivity index (χ3n) is 2.92. The Hall–Kier alpha value is -2.67. The summed E-state index contributed by atoms with van der Waals surface area (Å²) in [6, 6.07) is 12.2. The average molecular weight is 331 g/mol. The van der Waals surface area contributed by atoms with E-state index in [0.29, 0.717) is 23.5 Å². The highest BCUT2D eigenvalue weighted by atomic mass is 32.1. The van der Waals surface area contributed by atoms with E-state index in [1.807, 2.05) is 11.4 Å². The van der Waals surface area contributed by atoms with Crippen molar-refractivity contribution in [3.63, 3.8) is 0 Å². The third-order valence-corrected chi connectivity index (χ3v) is 3.79. The van der Waals surface area contributed by atoms with E-state index in [1.54, 1.807) is 36.4 Å². The van der Waals surface area contributed by atoms with E-state index < -0.39 is 0 Å². The van der Waals surface area contributed by atoms with Crippen molar-refractivity contribution >= 4 is 29.1 Å². The van der Waals surface area contributed by atoms with Crippen LogP contribution in [0.5, 0.6) is 0 Å². The molecular weight excluding hydrogens is 314 g/mol. The Bertz CT molecular complexity index is 656. The summed E-state index contributed by atoms with van der Waals surface area (Å²) in [4.78, 5) is 35.7. The molecule has 2 aromatic rings. The van der Waals surface area contributed by atoms with E-state index in [4.69, 9.17) is 0 Å². The maximum Gasteiger partial charge on any atom is 0.261 e. The molecule has 2 rings (SSSR count). The maximum absolute atomic E-state index is 11.8. The van der Waals surface area contributed by atoms with Crippen LogP contribution in [0.15, 0.2) is 47.8 Å². The van der Waals surface area contributed by atoms with Gasteiger partial charge in [0.05, 0.1) is 11.4 Å². The Balaban J connectivity index is 1.60. The van der Waals surface area contributed by atoms with Crippen LogP contribution in [-0.4, -0.2) is 37.4 Å². The van der Waals surface area contributed by atoms with E-state index in [-0.39, 0.29) is 24.3 Å². The highest BCUT2D eigenvalue weighted by Crippen LogP contribution is 2.07. The van der Waals surface area contributed by atoms with Gasteiger partial charge in [-0.05, 0) is 23.6 Å². The largest absolute Gasteiger partial charge is 0.353 e. The van der Waals surface area contributed by atoms with Crippen molar-refractivity contribution in [1.29, 1.82) is 0 Å². The molecule has 0 saturated heterocycles. The minimum Gasteiger partial charge on any atom is -0.353 e. The molecule has 3 N–H and O–H groups in total. The zero-order chi connectivity index (χ0) is 16.5. The Morgan fingerprint density at radius 3 is 2.26 bits per heavy atom. The van der Waals surface area contributed by atoms with E-state index in [0.717, 1.165) is 0 Å².